The van der Waals surface area contributed by atoms with Crippen LogP contribution in [0.25, 0.3) is 0 Å². The number of hydrogen-bond donors (Lipinski definition) is 1. The van der Waals surface area contributed by atoms with Crippen LogP contribution in [0.3, 0.4) is 0 Å². The van der Waals surface area contributed by atoms with Gasteiger partial charge in [0.2, 0.25) is 0 Å². The molecule has 0 radical (unpaired) electrons. The van der Waals surface area contributed by atoms with Crippen LogP contribution in [-0.4, -0.2) is 5.23 Å². The first-order valence-electron chi connectivity index (χ1n) is 1.72. The minimum atomic E-state index is -0.556. The number of hydrogen-bond acceptors (Lipinski definition) is 1. The zero-order valence-electron chi connectivity index (χ0n) is 3.95. The summed E-state index contributed by atoms with van der Waals surface area (Å²) in [5, 5.41) is -0.556. The van der Waals surface area contributed by atoms with Crippen molar-refractivity contribution < 1.29 is 1.37 Å². The van der Waals surface area contributed by atoms with Crippen molar-refractivity contribution in [2.45, 2.75) is 19.1 Å². The normalized spacial score (nSPS) is 15.2. The van der Waals surface area contributed by atoms with E-state index in [1.54, 1.807) is 13.8 Å². The molecule has 26 valence electrons. The Morgan fingerprint density at radius 3 is 2.00 bits per heavy atom. The van der Waals surface area contributed by atoms with E-state index in [0.717, 1.165) is 0 Å². The van der Waals surface area contributed by atoms with Crippen LogP contribution in [0.1, 0.15) is 15.2 Å². The molecule has 0 aromatic rings. The lowest BCUT2D eigenvalue weighted by Gasteiger charge is -1.78. The van der Waals surface area contributed by atoms with Gasteiger partial charge in [-0.1, -0.05) is 13.8 Å². The molecule has 0 amide bonds. The predicted molar refractivity (Wildman–Crippen MR) is 24.1 cm³/mol. The van der Waals surface area contributed by atoms with Gasteiger partial charge in [0.15, 0.2) is 0 Å². The maximum Gasteiger partial charge on any atom is 0.0408 e. The molecule has 0 N–H and O–H groups in total. The molecule has 4 heavy (non-hydrogen) atoms. The molecule has 0 rings (SSSR count). The third kappa shape index (κ3) is 35.0. The molecule has 0 saturated heterocycles. The zero-order chi connectivity index (χ0) is 4.50. The Bertz CT molecular complexity index is 22.4. The minimum Gasteiger partial charge on any atom is -0.177 e. The average Bonchev–Trinajstić information content (AvgIpc) is 0.722. The van der Waals surface area contributed by atoms with E-state index >= 15 is 0 Å². The molecule has 0 unspecified atom stereocenters. The van der Waals surface area contributed by atoms with Crippen molar-refractivity contribution >= 4 is 12.6 Å². The quantitative estimate of drug-likeness (QED) is 0.414. The summed E-state index contributed by atoms with van der Waals surface area (Å²) in [5.41, 5.74) is 0. The van der Waals surface area contributed by atoms with Crippen LogP contribution >= 0.6 is 12.6 Å². The van der Waals surface area contributed by atoms with Crippen LogP contribution in [0.5, 0.6) is 0 Å². The highest BCUT2D eigenvalue weighted by molar-refractivity contribution is 7.80. The molecule has 0 aliphatic carbocycles. The fraction of sp³-hybridized carbons (Fsp3) is 1.00. The summed E-state index contributed by atoms with van der Waals surface area (Å²) in [4.78, 5) is 0. The van der Waals surface area contributed by atoms with E-state index in [4.69, 9.17) is 1.37 Å². The summed E-state index contributed by atoms with van der Waals surface area (Å²) in [6.45, 7) is 3.44. The summed E-state index contributed by atoms with van der Waals surface area (Å²) in [6.07, 6.45) is 0. The Morgan fingerprint density at radius 1 is 2.00 bits per heavy atom. The molecule has 0 aromatic carbocycles. The molecule has 0 aromatic heterocycles. The standard InChI is InChI=1S/C3H8S/c1-3(2)4/h3-4H,1-2H3/i3D. The number of rotatable bonds is 0. The van der Waals surface area contributed by atoms with Gasteiger partial charge in [0.1, 0.15) is 0 Å². The third-order valence-corrected chi connectivity index (χ3v) is 0. The van der Waals surface area contributed by atoms with Gasteiger partial charge in [-0.05, 0) is 5.23 Å². The van der Waals surface area contributed by atoms with Gasteiger partial charge in [0, 0.05) is 1.37 Å². The Kier molecular flexibility index (Phi) is 1.06. The molecule has 0 spiro atoms. The molecule has 0 aliphatic heterocycles. The van der Waals surface area contributed by atoms with Crippen molar-refractivity contribution in [3.8, 4) is 0 Å². The zero-order valence-corrected chi connectivity index (χ0v) is 3.84. The van der Waals surface area contributed by atoms with E-state index in [1.165, 1.54) is 0 Å². The van der Waals surface area contributed by atoms with Gasteiger partial charge < -0.3 is 0 Å². The fourth-order valence-corrected chi connectivity index (χ4v) is 0. The van der Waals surface area contributed by atoms with E-state index < -0.39 is 5.23 Å². The molecule has 0 aliphatic rings. The largest absolute Gasteiger partial charge is 0.177 e. The monoisotopic (exact) mass is 77.0 g/mol. The lowest BCUT2D eigenvalue weighted by molar-refractivity contribution is 1.13. The lowest BCUT2D eigenvalue weighted by atomic mass is 10.6. The average molecular weight is 77.2 g/mol. The van der Waals surface area contributed by atoms with Gasteiger partial charge in [-0.15, -0.1) is 0 Å². The molecule has 0 atom stereocenters. The Hall–Kier alpha value is 0.350. The van der Waals surface area contributed by atoms with Crippen LogP contribution in [-0.2, 0) is 0 Å². The summed E-state index contributed by atoms with van der Waals surface area (Å²) in [5.74, 6) is 0. The minimum absolute atomic E-state index is 0.556. The van der Waals surface area contributed by atoms with Crippen molar-refractivity contribution in [1.29, 1.82) is 0 Å². The second kappa shape index (κ2) is 1.65. The van der Waals surface area contributed by atoms with Crippen molar-refractivity contribution in [3.63, 3.8) is 0 Å². The van der Waals surface area contributed by atoms with Crippen LogP contribution < -0.4 is 0 Å². The van der Waals surface area contributed by atoms with Crippen molar-refractivity contribution in [2.24, 2.45) is 0 Å². The number of thiol groups is 1. The van der Waals surface area contributed by atoms with Crippen LogP contribution in [0.2, 0.25) is 0 Å². The molecule has 0 fully saturated rings. The lowest BCUT2D eigenvalue weighted by Crippen LogP contribution is -1.71. The highest BCUT2D eigenvalue weighted by Gasteiger charge is 1.69. The molecule has 0 saturated carbocycles. The van der Waals surface area contributed by atoms with Gasteiger partial charge >= 0.3 is 0 Å². The molecular weight excluding hydrogens is 68.1 g/mol. The predicted octanol–water partition coefficient (Wildman–Crippen LogP) is 1.32. The summed E-state index contributed by atoms with van der Waals surface area (Å²) < 4.78 is 6.80. The van der Waals surface area contributed by atoms with E-state index in [2.05, 4.69) is 12.6 Å². The van der Waals surface area contributed by atoms with Crippen molar-refractivity contribution in [2.75, 3.05) is 0 Å². The maximum atomic E-state index is 6.80. The Morgan fingerprint density at radius 2 is 2.00 bits per heavy atom. The van der Waals surface area contributed by atoms with E-state index in [0.29, 0.717) is 0 Å². The van der Waals surface area contributed by atoms with Gasteiger partial charge in [0.25, 0.3) is 0 Å². The molecule has 1 heteroatoms. The van der Waals surface area contributed by atoms with Gasteiger partial charge in [-0.3, -0.25) is 0 Å². The summed E-state index contributed by atoms with van der Waals surface area (Å²) in [6, 6.07) is 0. The second-order valence-corrected chi connectivity index (χ2v) is 1.84. The summed E-state index contributed by atoms with van der Waals surface area (Å²) >= 11 is 3.79. The van der Waals surface area contributed by atoms with Crippen molar-refractivity contribution in [3.05, 3.63) is 0 Å². The van der Waals surface area contributed by atoms with E-state index in [1.807, 2.05) is 0 Å². The smallest absolute Gasteiger partial charge is 0.0408 e. The van der Waals surface area contributed by atoms with Gasteiger partial charge in [-0.25, -0.2) is 0 Å². The molecular formula is C3H8S. The van der Waals surface area contributed by atoms with Crippen LogP contribution in [0, 0.1) is 0 Å². The van der Waals surface area contributed by atoms with E-state index in [9.17, 15) is 0 Å². The van der Waals surface area contributed by atoms with Crippen LogP contribution in [0.4, 0.5) is 0 Å². The van der Waals surface area contributed by atoms with E-state index in [-0.39, 0.29) is 0 Å². The van der Waals surface area contributed by atoms with Gasteiger partial charge in [0.05, 0.1) is 0 Å². The Labute approximate surface area is 34.0 Å². The Balaban J connectivity index is 3.02. The molecule has 0 bridgehead atoms. The molecule has 0 heterocycles. The maximum absolute atomic E-state index is 6.80. The van der Waals surface area contributed by atoms with Crippen molar-refractivity contribution in [1.82, 2.24) is 0 Å². The highest BCUT2D eigenvalue weighted by atomic mass is 32.1. The second-order valence-electron chi connectivity index (χ2n) is 0.947. The summed E-state index contributed by atoms with van der Waals surface area (Å²) in [7, 11) is 0. The fourth-order valence-electron chi connectivity index (χ4n) is 0. The first-order chi connectivity index (χ1) is 2.00. The highest BCUT2D eigenvalue weighted by Crippen LogP contribution is 1.83. The first kappa shape index (κ1) is 2.58. The first-order valence-corrected chi connectivity index (χ1v) is 1.67. The molecule has 0 nitrogen and oxygen atoms in total. The van der Waals surface area contributed by atoms with Gasteiger partial charge in [-0.2, -0.15) is 12.6 Å². The topological polar surface area (TPSA) is 0 Å². The van der Waals surface area contributed by atoms with Crippen LogP contribution in [0.15, 0.2) is 0 Å². The SMILES string of the molecule is [2H]C(C)(C)S. The third-order valence-electron chi connectivity index (χ3n) is 0.